The third-order valence-corrected chi connectivity index (χ3v) is 3.14. The van der Waals surface area contributed by atoms with Gasteiger partial charge in [0, 0.05) is 0 Å². The number of rotatable bonds is 3. The van der Waals surface area contributed by atoms with Crippen LogP contribution in [0.1, 0.15) is 33.3 Å². The third kappa shape index (κ3) is 5.72. The molecule has 0 amide bonds. The molecule has 0 aromatic heterocycles. The first kappa shape index (κ1) is 18.1. The van der Waals surface area contributed by atoms with E-state index in [9.17, 15) is 18.0 Å². The molecular formula is C14H16F3IO3. The molecule has 0 spiro atoms. The number of ether oxygens (including phenoxy) is 2. The lowest BCUT2D eigenvalue weighted by molar-refractivity contribution is -0.162. The van der Waals surface area contributed by atoms with Crippen molar-refractivity contribution in [3.63, 3.8) is 0 Å². The first-order valence-electron chi connectivity index (χ1n) is 6.16. The molecule has 1 rings (SSSR count). The smallest absolute Gasteiger partial charge is 0.416 e. The van der Waals surface area contributed by atoms with Crippen molar-refractivity contribution in [3.05, 3.63) is 27.3 Å². The Labute approximate surface area is 134 Å². The molecule has 0 bridgehead atoms. The van der Waals surface area contributed by atoms with Gasteiger partial charge >= 0.3 is 12.1 Å². The fourth-order valence-electron chi connectivity index (χ4n) is 1.40. The van der Waals surface area contributed by atoms with E-state index in [1.165, 1.54) is 13.0 Å². The van der Waals surface area contributed by atoms with Gasteiger partial charge in [0.15, 0.2) is 6.10 Å². The zero-order valence-electron chi connectivity index (χ0n) is 12.0. The molecular weight excluding hydrogens is 400 g/mol. The lowest BCUT2D eigenvalue weighted by Crippen LogP contribution is -2.33. The van der Waals surface area contributed by atoms with Gasteiger partial charge in [-0.2, -0.15) is 13.2 Å². The van der Waals surface area contributed by atoms with Crippen LogP contribution in [0.4, 0.5) is 13.2 Å². The molecule has 0 aliphatic heterocycles. The van der Waals surface area contributed by atoms with E-state index in [1.54, 1.807) is 43.4 Å². The maximum Gasteiger partial charge on any atom is 0.416 e. The van der Waals surface area contributed by atoms with Gasteiger partial charge in [-0.05, 0) is 68.5 Å². The molecule has 1 aromatic rings. The van der Waals surface area contributed by atoms with E-state index in [2.05, 4.69) is 0 Å². The summed E-state index contributed by atoms with van der Waals surface area (Å²) in [7, 11) is 0. The van der Waals surface area contributed by atoms with Gasteiger partial charge in [0.05, 0.1) is 9.13 Å². The van der Waals surface area contributed by atoms with Crippen LogP contribution in [-0.4, -0.2) is 17.7 Å². The number of halogens is 4. The van der Waals surface area contributed by atoms with Crippen LogP contribution in [0.3, 0.4) is 0 Å². The van der Waals surface area contributed by atoms with Gasteiger partial charge in [-0.25, -0.2) is 4.79 Å². The second kappa shape index (κ2) is 6.41. The van der Waals surface area contributed by atoms with Gasteiger partial charge in [-0.3, -0.25) is 0 Å². The quantitative estimate of drug-likeness (QED) is 0.541. The highest BCUT2D eigenvalue weighted by Gasteiger charge is 2.31. The molecule has 118 valence electrons. The van der Waals surface area contributed by atoms with Crippen LogP contribution in [0.5, 0.6) is 5.75 Å². The van der Waals surface area contributed by atoms with Crippen LogP contribution in [0.2, 0.25) is 0 Å². The van der Waals surface area contributed by atoms with Gasteiger partial charge in [0.25, 0.3) is 0 Å². The summed E-state index contributed by atoms with van der Waals surface area (Å²) in [5.74, 6) is -0.361. The molecule has 0 unspecified atom stereocenters. The fourth-order valence-corrected chi connectivity index (χ4v) is 2.04. The predicted octanol–water partition coefficient (Wildman–Crippen LogP) is 4.42. The number of esters is 1. The summed E-state index contributed by atoms with van der Waals surface area (Å²) in [5.41, 5.74) is -1.41. The molecule has 0 aliphatic carbocycles. The van der Waals surface area contributed by atoms with Crippen LogP contribution in [-0.2, 0) is 15.7 Å². The Morgan fingerprint density at radius 2 is 1.81 bits per heavy atom. The van der Waals surface area contributed by atoms with E-state index in [0.717, 1.165) is 12.1 Å². The van der Waals surface area contributed by atoms with Crippen molar-refractivity contribution in [1.82, 2.24) is 0 Å². The van der Waals surface area contributed by atoms with Crippen LogP contribution < -0.4 is 4.74 Å². The molecule has 3 nitrogen and oxygen atoms in total. The topological polar surface area (TPSA) is 35.5 Å². The van der Waals surface area contributed by atoms with Crippen molar-refractivity contribution in [1.29, 1.82) is 0 Å². The van der Waals surface area contributed by atoms with E-state index in [-0.39, 0.29) is 9.32 Å². The first-order chi connectivity index (χ1) is 9.40. The summed E-state index contributed by atoms with van der Waals surface area (Å²) >= 11 is 1.73. The Hall–Kier alpha value is -0.990. The van der Waals surface area contributed by atoms with Crippen LogP contribution >= 0.6 is 22.6 Å². The zero-order chi connectivity index (χ0) is 16.4. The van der Waals surface area contributed by atoms with Gasteiger partial charge in [-0.15, -0.1) is 0 Å². The average Bonchev–Trinajstić information content (AvgIpc) is 2.27. The minimum Gasteiger partial charge on any atom is -0.478 e. The average molecular weight is 416 g/mol. The minimum absolute atomic E-state index is 0.210. The van der Waals surface area contributed by atoms with Crippen molar-refractivity contribution < 1.29 is 27.4 Å². The Kier molecular flexibility index (Phi) is 5.51. The highest BCUT2D eigenvalue weighted by atomic mass is 127. The molecule has 21 heavy (non-hydrogen) atoms. The third-order valence-electron chi connectivity index (χ3n) is 2.30. The fraction of sp³-hybridized carbons (Fsp3) is 0.500. The number of hydrogen-bond donors (Lipinski definition) is 0. The lowest BCUT2D eigenvalue weighted by Gasteiger charge is -2.23. The second-order valence-electron chi connectivity index (χ2n) is 5.44. The van der Waals surface area contributed by atoms with E-state index in [4.69, 9.17) is 9.47 Å². The number of alkyl halides is 3. The molecule has 1 aromatic carbocycles. The number of benzene rings is 1. The Morgan fingerprint density at radius 1 is 1.24 bits per heavy atom. The predicted molar refractivity (Wildman–Crippen MR) is 80.1 cm³/mol. The summed E-state index contributed by atoms with van der Waals surface area (Å²) < 4.78 is 48.5. The van der Waals surface area contributed by atoms with Crippen molar-refractivity contribution in [2.75, 3.05) is 0 Å². The summed E-state index contributed by atoms with van der Waals surface area (Å²) in [4.78, 5) is 11.8. The molecule has 0 aliphatic rings. The van der Waals surface area contributed by atoms with Crippen LogP contribution in [0.15, 0.2) is 18.2 Å². The summed E-state index contributed by atoms with van der Waals surface area (Å²) in [6.07, 6.45) is -5.32. The van der Waals surface area contributed by atoms with Gasteiger partial charge < -0.3 is 9.47 Å². The van der Waals surface area contributed by atoms with Crippen LogP contribution in [0, 0.1) is 3.57 Å². The molecule has 7 heteroatoms. The van der Waals surface area contributed by atoms with E-state index < -0.39 is 29.4 Å². The van der Waals surface area contributed by atoms with Crippen molar-refractivity contribution in [3.8, 4) is 5.75 Å². The number of hydrogen-bond acceptors (Lipinski definition) is 3. The van der Waals surface area contributed by atoms with Gasteiger partial charge in [-0.1, -0.05) is 0 Å². The molecule has 0 N–H and O–H groups in total. The second-order valence-corrected chi connectivity index (χ2v) is 6.60. The van der Waals surface area contributed by atoms with Gasteiger partial charge in [0.1, 0.15) is 11.4 Å². The van der Waals surface area contributed by atoms with E-state index >= 15 is 0 Å². The Morgan fingerprint density at radius 3 is 2.24 bits per heavy atom. The van der Waals surface area contributed by atoms with Crippen LogP contribution in [0.25, 0.3) is 0 Å². The zero-order valence-corrected chi connectivity index (χ0v) is 14.2. The largest absolute Gasteiger partial charge is 0.478 e. The first-order valence-corrected chi connectivity index (χ1v) is 7.24. The SMILES string of the molecule is C[C@H](Oc1ccc(C(F)(F)F)cc1I)C(=O)OC(C)(C)C. The van der Waals surface area contributed by atoms with E-state index in [1.807, 2.05) is 0 Å². The molecule has 0 fully saturated rings. The number of carbonyl (C=O) groups excluding carboxylic acids is 1. The molecule has 0 saturated carbocycles. The normalized spacial score (nSPS) is 13.7. The Balaban J connectivity index is 2.82. The maximum absolute atomic E-state index is 12.6. The summed E-state index contributed by atoms with van der Waals surface area (Å²) in [6, 6.07) is 3.09. The van der Waals surface area contributed by atoms with Crippen molar-refractivity contribution in [2.24, 2.45) is 0 Å². The highest BCUT2D eigenvalue weighted by Crippen LogP contribution is 2.33. The molecule has 0 saturated heterocycles. The number of carbonyl (C=O) groups is 1. The van der Waals surface area contributed by atoms with E-state index in [0.29, 0.717) is 0 Å². The molecule has 1 atom stereocenters. The molecule has 0 heterocycles. The minimum atomic E-state index is -4.41. The maximum atomic E-state index is 12.6. The summed E-state index contributed by atoms with van der Waals surface area (Å²) in [6.45, 7) is 6.65. The standard InChI is InChI=1S/C14H16F3IO3/c1-8(12(19)21-13(2,3)4)20-11-6-5-9(7-10(11)18)14(15,16)17/h5-8H,1-4H3/t8-/m0/s1. The Bertz CT molecular complexity index is 521. The summed E-state index contributed by atoms with van der Waals surface area (Å²) in [5, 5.41) is 0. The highest BCUT2D eigenvalue weighted by molar-refractivity contribution is 14.1. The molecule has 0 radical (unpaired) electrons. The lowest BCUT2D eigenvalue weighted by atomic mass is 10.2. The van der Waals surface area contributed by atoms with Crippen molar-refractivity contribution in [2.45, 2.75) is 45.6 Å². The monoisotopic (exact) mass is 416 g/mol. The van der Waals surface area contributed by atoms with Crippen molar-refractivity contribution >= 4 is 28.6 Å². The van der Waals surface area contributed by atoms with Gasteiger partial charge in [0.2, 0.25) is 0 Å².